The molecule has 1 N–H and O–H groups in total. The number of hydrogen-bond donors (Lipinski definition) is 1. The van der Waals surface area contributed by atoms with Crippen molar-refractivity contribution >= 4 is 5.69 Å². The molecule has 0 saturated carbocycles. The third-order valence-corrected chi connectivity index (χ3v) is 2.74. The fourth-order valence-electron chi connectivity index (χ4n) is 1.61. The molecule has 1 aromatic rings. The number of benzene rings is 1. The standard InChI is InChI=1S/C12H16F4N2/c1-3-18(4-2)6-5-17-12-10(15)8(13)7-9(14)11(12)16/h7,17H,3-6H2,1-2H3. The van der Waals surface area contributed by atoms with Crippen LogP contribution in [0.25, 0.3) is 0 Å². The average Bonchev–Trinajstić information content (AvgIpc) is 2.36. The SMILES string of the molecule is CCN(CC)CCNc1c(F)c(F)cc(F)c1F. The molecule has 0 bridgehead atoms. The van der Waals surface area contributed by atoms with Crippen LogP contribution in [0.3, 0.4) is 0 Å². The molecule has 102 valence electrons. The summed E-state index contributed by atoms with van der Waals surface area (Å²) in [5.41, 5.74) is -0.750. The Morgan fingerprint density at radius 2 is 1.50 bits per heavy atom. The van der Waals surface area contributed by atoms with Gasteiger partial charge < -0.3 is 10.2 Å². The molecule has 0 aliphatic rings. The lowest BCUT2D eigenvalue weighted by molar-refractivity contribution is 0.315. The van der Waals surface area contributed by atoms with Crippen molar-refractivity contribution in [2.75, 3.05) is 31.5 Å². The van der Waals surface area contributed by atoms with Gasteiger partial charge >= 0.3 is 0 Å². The first kappa shape index (κ1) is 14.8. The van der Waals surface area contributed by atoms with Gasteiger partial charge in [0.1, 0.15) is 5.69 Å². The van der Waals surface area contributed by atoms with Gasteiger partial charge in [-0.1, -0.05) is 13.8 Å². The van der Waals surface area contributed by atoms with Crippen molar-refractivity contribution in [1.82, 2.24) is 4.90 Å². The summed E-state index contributed by atoms with van der Waals surface area (Å²) in [6.07, 6.45) is 0. The molecule has 6 heteroatoms. The van der Waals surface area contributed by atoms with E-state index in [0.717, 1.165) is 13.1 Å². The van der Waals surface area contributed by atoms with Crippen LogP contribution in [-0.4, -0.2) is 31.1 Å². The van der Waals surface area contributed by atoms with Gasteiger partial charge in [-0.15, -0.1) is 0 Å². The number of likely N-dealkylation sites (N-methyl/N-ethyl adjacent to an activating group) is 1. The number of nitrogens with zero attached hydrogens (tertiary/aromatic N) is 1. The van der Waals surface area contributed by atoms with E-state index >= 15 is 0 Å². The number of rotatable bonds is 6. The fourth-order valence-corrected chi connectivity index (χ4v) is 1.61. The topological polar surface area (TPSA) is 15.3 Å². The summed E-state index contributed by atoms with van der Waals surface area (Å²) in [4.78, 5) is 2.01. The van der Waals surface area contributed by atoms with Gasteiger partial charge in [-0.2, -0.15) is 0 Å². The molecule has 0 atom stereocenters. The van der Waals surface area contributed by atoms with Gasteiger partial charge in [0.15, 0.2) is 23.3 Å². The minimum atomic E-state index is -1.40. The molecule has 1 aromatic carbocycles. The predicted octanol–water partition coefficient (Wildman–Crippen LogP) is 3.00. The molecule has 1 rings (SSSR count). The van der Waals surface area contributed by atoms with Crippen molar-refractivity contribution in [2.45, 2.75) is 13.8 Å². The smallest absolute Gasteiger partial charge is 0.185 e. The van der Waals surface area contributed by atoms with E-state index in [1.54, 1.807) is 0 Å². The summed E-state index contributed by atoms with van der Waals surface area (Å²) < 4.78 is 52.4. The Balaban J connectivity index is 2.73. The lowest BCUT2D eigenvalue weighted by atomic mass is 10.2. The van der Waals surface area contributed by atoms with Gasteiger partial charge in [-0.25, -0.2) is 17.6 Å². The first-order valence-electron chi connectivity index (χ1n) is 5.80. The molecule has 0 radical (unpaired) electrons. The van der Waals surface area contributed by atoms with Gasteiger partial charge in [-0.3, -0.25) is 0 Å². The molecule has 0 spiro atoms. The van der Waals surface area contributed by atoms with Crippen LogP contribution >= 0.6 is 0 Å². The maximum absolute atomic E-state index is 13.3. The number of halogens is 4. The summed E-state index contributed by atoms with van der Waals surface area (Å²) in [5.74, 6) is -5.60. The minimum Gasteiger partial charge on any atom is -0.379 e. The number of hydrogen-bond acceptors (Lipinski definition) is 2. The Morgan fingerprint density at radius 3 is 1.94 bits per heavy atom. The van der Waals surface area contributed by atoms with Crippen LogP contribution in [0.5, 0.6) is 0 Å². The Hall–Kier alpha value is -1.30. The van der Waals surface area contributed by atoms with Crippen molar-refractivity contribution in [3.05, 3.63) is 29.3 Å². The fraction of sp³-hybridized carbons (Fsp3) is 0.500. The monoisotopic (exact) mass is 264 g/mol. The van der Waals surface area contributed by atoms with Crippen molar-refractivity contribution in [3.63, 3.8) is 0 Å². The number of nitrogens with one attached hydrogen (secondary N) is 1. The molecule has 0 fully saturated rings. The second-order valence-corrected chi connectivity index (χ2v) is 3.80. The zero-order chi connectivity index (χ0) is 13.7. The normalized spacial score (nSPS) is 11.1. The van der Waals surface area contributed by atoms with E-state index in [0.29, 0.717) is 6.54 Å². The second kappa shape index (κ2) is 6.58. The molecule has 0 amide bonds. The highest BCUT2D eigenvalue weighted by Gasteiger charge is 2.18. The third kappa shape index (κ3) is 3.35. The average molecular weight is 264 g/mol. The molecular weight excluding hydrogens is 248 g/mol. The van der Waals surface area contributed by atoms with Crippen LogP contribution in [0.15, 0.2) is 6.07 Å². The minimum absolute atomic E-state index is 0.195. The van der Waals surface area contributed by atoms with Crippen LogP contribution < -0.4 is 5.32 Å². The van der Waals surface area contributed by atoms with Gasteiger partial charge in [0, 0.05) is 19.2 Å². The zero-order valence-electron chi connectivity index (χ0n) is 10.4. The molecule has 2 nitrogen and oxygen atoms in total. The quantitative estimate of drug-likeness (QED) is 0.627. The van der Waals surface area contributed by atoms with Crippen LogP contribution in [0, 0.1) is 23.3 Å². The Morgan fingerprint density at radius 1 is 1.00 bits per heavy atom. The Kier molecular flexibility index (Phi) is 5.40. The molecule has 0 aliphatic heterocycles. The summed E-state index contributed by atoms with van der Waals surface area (Å²) in [5, 5.41) is 2.39. The van der Waals surface area contributed by atoms with Crippen molar-refractivity contribution in [3.8, 4) is 0 Å². The van der Waals surface area contributed by atoms with Gasteiger partial charge in [0.25, 0.3) is 0 Å². The highest BCUT2D eigenvalue weighted by atomic mass is 19.2. The van der Waals surface area contributed by atoms with Gasteiger partial charge in [-0.05, 0) is 13.1 Å². The Labute approximate surface area is 104 Å². The first-order valence-corrected chi connectivity index (χ1v) is 5.80. The third-order valence-electron chi connectivity index (χ3n) is 2.74. The maximum atomic E-state index is 13.3. The molecular formula is C12H16F4N2. The maximum Gasteiger partial charge on any atom is 0.185 e. The van der Waals surface area contributed by atoms with Crippen molar-refractivity contribution in [2.24, 2.45) is 0 Å². The van der Waals surface area contributed by atoms with E-state index in [1.165, 1.54) is 0 Å². The highest BCUT2D eigenvalue weighted by Crippen LogP contribution is 2.23. The zero-order valence-corrected chi connectivity index (χ0v) is 10.4. The van der Waals surface area contributed by atoms with Crippen LogP contribution in [0.2, 0.25) is 0 Å². The van der Waals surface area contributed by atoms with E-state index in [4.69, 9.17) is 0 Å². The van der Waals surface area contributed by atoms with Crippen molar-refractivity contribution in [1.29, 1.82) is 0 Å². The lowest BCUT2D eigenvalue weighted by Crippen LogP contribution is -2.29. The molecule has 0 unspecified atom stereocenters. The molecule has 18 heavy (non-hydrogen) atoms. The van der Waals surface area contributed by atoms with Gasteiger partial charge in [0.05, 0.1) is 0 Å². The van der Waals surface area contributed by atoms with E-state index in [1.807, 2.05) is 18.7 Å². The summed E-state index contributed by atoms with van der Waals surface area (Å²) in [7, 11) is 0. The van der Waals surface area contributed by atoms with E-state index in [-0.39, 0.29) is 12.6 Å². The van der Waals surface area contributed by atoms with E-state index in [2.05, 4.69) is 5.32 Å². The Bertz CT molecular complexity index is 379. The molecule has 0 aromatic heterocycles. The summed E-state index contributed by atoms with van der Waals surface area (Å²) >= 11 is 0. The first-order chi connectivity index (χ1) is 8.51. The van der Waals surface area contributed by atoms with Crippen LogP contribution in [0.4, 0.5) is 23.2 Å². The highest BCUT2D eigenvalue weighted by molar-refractivity contribution is 5.47. The van der Waals surface area contributed by atoms with E-state index in [9.17, 15) is 17.6 Å². The van der Waals surface area contributed by atoms with Crippen LogP contribution in [0.1, 0.15) is 13.8 Å². The molecule has 0 heterocycles. The number of anilines is 1. The summed E-state index contributed by atoms with van der Waals surface area (Å²) in [6, 6.07) is 0.195. The molecule has 0 aliphatic carbocycles. The van der Waals surface area contributed by atoms with Crippen LogP contribution in [-0.2, 0) is 0 Å². The van der Waals surface area contributed by atoms with Crippen molar-refractivity contribution < 1.29 is 17.6 Å². The largest absolute Gasteiger partial charge is 0.379 e. The second-order valence-electron chi connectivity index (χ2n) is 3.80. The lowest BCUT2D eigenvalue weighted by Gasteiger charge is -2.18. The van der Waals surface area contributed by atoms with Gasteiger partial charge in [0.2, 0.25) is 0 Å². The molecule has 0 saturated heterocycles. The predicted molar refractivity (Wildman–Crippen MR) is 62.6 cm³/mol. The van der Waals surface area contributed by atoms with E-state index < -0.39 is 29.0 Å². The summed E-state index contributed by atoms with van der Waals surface area (Å²) in [6.45, 7) is 6.22.